The molecule has 78 valence electrons. The second-order valence-electron chi connectivity index (χ2n) is 3.32. The minimum absolute atomic E-state index is 0.00571. The van der Waals surface area contributed by atoms with Crippen molar-refractivity contribution in [2.45, 2.75) is 12.3 Å². The number of primary amides is 1. The summed E-state index contributed by atoms with van der Waals surface area (Å²) >= 11 is 0. The molecule has 1 fully saturated rings. The molecule has 6 nitrogen and oxygen atoms in total. The van der Waals surface area contributed by atoms with Gasteiger partial charge in [-0.2, -0.15) is 4.98 Å². The standard InChI is InChI=1S/C9H9N3O3/c10-9(14)15-7-1-2-11-8(12-7)6-3-5(6)4-13/h1-2,4-6H,3H2,(H2,10,14). The van der Waals surface area contributed by atoms with E-state index in [9.17, 15) is 9.59 Å². The minimum atomic E-state index is -0.914. The number of hydrogen-bond acceptors (Lipinski definition) is 5. The van der Waals surface area contributed by atoms with Crippen molar-refractivity contribution in [3.05, 3.63) is 18.1 Å². The van der Waals surface area contributed by atoms with Gasteiger partial charge in [-0.1, -0.05) is 0 Å². The molecule has 0 spiro atoms. The Hall–Kier alpha value is -1.98. The number of rotatable bonds is 3. The first-order chi connectivity index (χ1) is 7.20. The summed E-state index contributed by atoms with van der Waals surface area (Å²) in [4.78, 5) is 28.9. The highest BCUT2D eigenvalue weighted by atomic mass is 16.6. The lowest BCUT2D eigenvalue weighted by Crippen LogP contribution is -2.17. The van der Waals surface area contributed by atoms with Crippen LogP contribution in [0, 0.1) is 5.92 Å². The zero-order chi connectivity index (χ0) is 10.8. The fraction of sp³-hybridized carbons (Fsp3) is 0.333. The van der Waals surface area contributed by atoms with Gasteiger partial charge in [-0.25, -0.2) is 9.78 Å². The monoisotopic (exact) mass is 207 g/mol. The first-order valence-corrected chi connectivity index (χ1v) is 4.46. The lowest BCUT2D eigenvalue weighted by atomic mass is 10.3. The van der Waals surface area contributed by atoms with E-state index < -0.39 is 6.09 Å². The van der Waals surface area contributed by atoms with E-state index >= 15 is 0 Å². The van der Waals surface area contributed by atoms with E-state index in [0.29, 0.717) is 5.82 Å². The van der Waals surface area contributed by atoms with Gasteiger partial charge in [0.2, 0.25) is 5.88 Å². The Morgan fingerprint density at radius 3 is 3.07 bits per heavy atom. The summed E-state index contributed by atoms with van der Waals surface area (Å²) in [6, 6.07) is 1.44. The van der Waals surface area contributed by atoms with E-state index in [-0.39, 0.29) is 17.7 Å². The first-order valence-electron chi connectivity index (χ1n) is 4.46. The fourth-order valence-corrected chi connectivity index (χ4v) is 1.36. The Morgan fingerprint density at radius 2 is 2.47 bits per heavy atom. The maximum Gasteiger partial charge on any atom is 0.411 e. The number of carbonyl (C=O) groups is 2. The van der Waals surface area contributed by atoms with Gasteiger partial charge in [0.15, 0.2) is 0 Å². The van der Waals surface area contributed by atoms with Gasteiger partial charge in [0, 0.05) is 24.1 Å². The molecule has 2 unspecified atom stereocenters. The van der Waals surface area contributed by atoms with E-state index in [0.717, 1.165) is 12.7 Å². The third-order valence-corrected chi connectivity index (χ3v) is 2.20. The van der Waals surface area contributed by atoms with Gasteiger partial charge in [0.05, 0.1) is 0 Å². The summed E-state index contributed by atoms with van der Waals surface area (Å²) in [7, 11) is 0. The molecule has 0 aromatic carbocycles. The van der Waals surface area contributed by atoms with Crippen molar-refractivity contribution in [1.29, 1.82) is 0 Å². The van der Waals surface area contributed by atoms with Crippen LogP contribution in [0.15, 0.2) is 12.3 Å². The number of aromatic nitrogens is 2. The third-order valence-electron chi connectivity index (χ3n) is 2.20. The van der Waals surface area contributed by atoms with Gasteiger partial charge in [-0.15, -0.1) is 0 Å². The van der Waals surface area contributed by atoms with Gasteiger partial charge in [-0.3, -0.25) is 0 Å². The Morgan fingerprint density at radius 1 is 1.67 bits per heavy atom. The van der Waals surface area contributed by atoms with Crippen molar-refractivity contribution in [3.8, 4) is 5.88 Å². The van der Waals surface area contributed by atoms with E-state index in [1.807, 2.05) is 0 Å². The van der Waals surface area contributed by atoms with Crippen LogP contribution >= 0.6 is 0 Å². The Bertz CT molecular complexity index is 407. The zero-order valence-electron chi connectivity index (χ0n) is 7.79. The number of hydrogen-bond donors (Lipinski definition) is 1. The SMILES string of the molecule is NC(=O)Oc1ccnc(C2CC2C=O)n1. The summed E-state index contributed by atoms with van der Waals surface area (Å²) in [5, 5.41) is 0. The summed E-state index contributed by atoms with van der Waals surface area (Å²) in [6.07, 6.45) is 2.20. The lowest BCUT2D eigenvalue weighted by molar-refractivity contribution is -0.108. The molecule has 0 radical (unpaired) electrons. The molecule has 1 amide bonds. The van der Waals surface area contributed by atoms with Crippen LogP contribution in [-0.2, 0) is 4.79 Å². The van der Waals surface area contributed by atoms with Crippen molar-refractivity contribution >= 4 is 12.4 Å². The van der Waals surface area contributed by atoms with Crippen molar-refractivity contribution in [2.75, 3.05) is 0 Å². The van der Waals surface area contributed by atoms with Crippen LogP contribution in [-0.4, -0.2) is 22.3 Å². The van der Waals surface area contributed by atoms with Gasteiger partial charge in [0.25, 0.3) is 0 Å². The number of nitrogens with zero attached hydrogens (tertiary/aromatic N) is 2. The lowest BCUT2D eigenvalue weighted by Gasteiger charge is -2.01. The zero-order valence-corrected chi connectivity index (χ0v) is 7.79. The van der Waals surface area contributed by atoms with Crippen LogP contribution in [0.3, 0.4) is 0 Å². The Kier molecular flexibility index (Phi) is 2.32. The van der Waals surface area contributed by atoms with E-state index in [1.165, 1.54) is 12.3 Å². The van der Waals surface area contributed by atoms with Crippen molar-refractivity contribution in [3.63, 3.8) is 0 Å². The number of carbonyl (C=O) groups excluding carboxylic acids is 2. The minimum Gasteiger partial charge on any atom is -0.391 e. The van der Waals surface area contributed by atoms with Crippen LogP contribution in [0.25, 0.3) is 0 Å². The second kappa shape index (κ2) is 3.64. The molecule has 0 saturated heterocycles. The quantitative estimate of drug-likeness (QED) is 0.716. The number of nitrogens with two attached hydrogens (primary N) is 1. The molecule has 1 heterocycles. The van der Waals surface area contributed by atoms with Crippen LogP contribution in [0.1, 0.15) is 18.2 Å². The summed E-state index contributed by atoms with van der Waals surface area (Å²) < 4.78 is 4.60. The maximum atomic E-state index is 10.5. The van der Waals surface area contributed by atoms with E-state index in [4.69, 9.17) is 5.73 Å². The Balaban J connectivity index is 2.13. The highest BCUT2D eigenvalue weighted by Gasteiger charge is 2.40. The van der Waals surface area contributed by atoms with E-state index in [2.05, 4.69) is 14.7 Å². The smallest absolute Gasteiger partial charge is 0.391 e. The molecule has 6 heteroatoms. The molecule has 2 rings (SSSR count). The Labute approximate surface area is 85.5 Å². The van der Waals surface area contributed by atoms with Gasteiger partial charge < -0.3 is 15.3 Å². The van der Waals surface area contributed by atoms with Crippen LogP contribution in [0.4, 0.5) is 4.79 Å². The second-order valence-corrected chi connectivity index (χ2v) is 3.32. The molecule has 0 aliphatic heterocycles. The number of aldehydes is 1. The molecule has 15 heavy (non-hydrogen) atoms. The third kappa shape index (κ3) is 2.09. The highest BCUT2D eigenvalue weighted by molar-refractivity contribution is 5.67. The normalized spacial score (nSPS) is 23.2. The number of amides is 1. The molecular formula is C9H9N3O3. The molecule has 1 aliphatic carbocycles. The number of ether oxygens (including phenoxy) is 1. The molecule has 1 aromatic heterocycles. The highest BCUT2D eigenvalue weighted by Crippen LogP contribution is 2.44. The van der Waals surface area contributed by atoms with Crippen molar-refractivity contribution in [2.24, 2.45) is 11.7 Å². The van der Waals surface area contributed by atoms with Gasteiger partial charge in [0.1, 0.15) is 12.1 Å². The van der Waals surface area contributed by atoms with Crippen LogP contribution in [0.5, 0.6) is 5.88 Å². The first kappa shape index (κ1) is 9.57. The molecule has 2 N–H and O–H groups in total. The van der Waals surface area contributed by atoms with Crippen LogP contribution in [0.2, 0.25) is 0 Å². The molecular weight excluding hydrogens is 198 g/mol. The van der Waals surface area contributed by atoms with E-state index in [1.54, 1.807) is 0 Å². The molecule has 1 aromatic rings. The molecule has 0 bridgehead atoms. The predicted octanol–water partition coefficient (Wildman–Crippen LogP) is 0.236. The average Bonchev–Trinajstić information content (AvgIpc) is 2.96. The van der Waals surface area contributed by atoms with Crippen molar-refractivity contribution < 1.29 is 14.3 Å². The molecule has 1 aliphatic rings. The van der Waals surface area contributed by atoms with Crippen molar-refractivity contribution in [1.82, 2.24) is 9.97 Å². The predicted molar refractivity (Wildman–Crippen MR) is 49.2 cm³/mol. The van der Waals surface area contributed by atoms with Gasteiger partial charge >= 0.3 is 6.09 Å². The van der Waals surface area contributed by atoms with Gasteiger partial charge in [-0.05, 0) is 6.42 Å². The summed E-state index contributed by atoms with van der Waals surface area (Å²) in [6.45, 7) is 0. The topological polar surface area (TPSA) is 95.2 Å². The average molecular weight is 207 g/mol. The summed E-state index contributed by atoms with van der Waals surface area (Å²) in [5.74, 6) is 0.683. The summed E-state index contributed by atoms with van der Waals surface area (Å²) in [5.41, 5.74) is 4.84. The van der Waals surface area contributed by atoms with Crippen LogP contribution < -0.4 is 10.5 Å². The maximum absolute atomic E-state index is 10.5. The molecule has 2 atom stereocenters. The largest absolute Gasteiger partial charge is 0.411 e. The fourth-order valence-electron chi connectivity index (χ4n) is 1.36. The molecule has 1 saturated carbocycles.